The molecule has 2 rings (SSSR count). The molecule has 0 aromatic heterocycles. The number of hydrogen-bond acceptors (Lipinski definition) is 9. The van der Waals surface area contributed by atoms with Crippen molar-refractivity contribution in [3.05, 3.63) is 59.7 Å². The van der Waals surface area contributed by atoms with Gasteiger partial charge in [0.25, 0.3) is 0 Å². The highest BCUT2D eigenvalue weighted by atomic mass is 16.6. The molecule has 0 saturated heterocycles. The third kappa shape index (κ3) is 11.2. The first-order valence-electron chi connectivity index (χ1n) is 9.92. The van der Waals surface area contributed by atoms with Crippen molar-refractivity contribution in [1.82, 2.24) is 5.32 Å². The fraction of sp³-hybridized carbons (Fsp3) is 0.348. The van der Waals surface area contributed by atoms with Gasteiger partial charge in [-0.25, -0.2) is 9.59 Å². The van der Waals surface area contributed by atoms with Crippen molar-refractivity contribution < 1.29 is 44.3 Å². The number of alkyl carbamates (subject to hydrolysis) is 1. The molecular weight excluding hydrogens is 448 g/mol. The minimum atomic E-state index is -1.08. The number of phenolic OH excluding ortho intramolecular Hbond substituents is 2. The number of nitrogens with one attached hydrogen (secondary N) is 1. The molecule has 0 bridgehead atoms. The monoisotopic (exact) mass is 480 g/mol. The van der Waals surface area contributed by atoms with E-state index < -0.39 is 35.7 Å². The van der Waals surface area contributed by atoms with E-state index in [1.807, 2.05) is 0 Å². The minimum absolute atomic E-state index is 0.0645. The summed E-state index contributed by atoms with van der Waals surface area (Å²) in [4.78, 5) is 33.9. The van der Waals surface area contributed by atoms with Gasteiger partial charge in [-0.2, -0.15) is 0 Å². The molecule has 0 aliphatic heterocycles. The van der Waals surface area contributed by atoms with Crippen LogP contribution in [0.2, 0.25) is 0 Å². The van der Waals surface area contributed by atoms with Crippen molar-refractivity contribution in [3.8, 4) is 11.5 Å². The summed E-state index contributed by atoms with van der Waals surface area (Å²) in [6, 6.07) is 9.63. The van der Waals surface area contributed by atoms with E-state index in [2.05, 4.69) is 10.1 Å². The molecule has 188 valence electrons. The molecule has 0 saturated carbocycles. The first-order valence-corrected chi connectivity index (χ1v) is 9.92. The number of aliphatic carboxylic acids is 1. The Balaban J connectivity index is 0.000000662. The molecule has 0 spiro atoms. The maximum absolute atomic E-state index is 11.7. The normalized spacial score (nSPS) is 11.9. The second-order valence-corrected chi connectivity index (χ2v) is 7.60. The first-order chi connectivity index (χ1) is 15.8. The number of amides is 1. The summed E-state index contributed by atoms with van der Waals surface area (Å²) in [5.41, 5.74) is 5.60. The second kappa shape index (κ2) is 14.3. The van der Waals surface area contributed by atoms with E-state index in [9.17, 15) is 19.5 Å². The Labute approximate surface area is 197 Å². The van der Waals surface area contributed by atoms with Crippen LogP contribution in [0.1, 0.15) is 44.0 Å². The lowest BCUT2D eigenvalue weighted by Crippen LogP contribution is -2.38. The summed E-state index contributed by atoms with van der Waals surface area (Å²) >= 11 is 0. The van der Waals surface area contributed by atoms with Crippen molar-refractivity contribution in [3.63, 3.8) is 0 Å². The number of nitrogens with two attached hydrogens (primary N) is 1. The average molecular weight is 481 g/mol. The van der Waals surface area contributed by atoms with Crippen LogP contribution < -0.4 is 11.1 Å². The van der Waals surface area contributed by atoms with Gasteiger partial charge in [0.05, 0.1) is 7.11 Å². The van der Waals surface area contributed by atoms with Crippen molar-refractivity contribution in [2.45, 2.75) is 38.5 Å². The first kappa shape index (κ1) is 30.2. The number of carboxylic acids is 1. The van der Waals surface area contributed by atoms with Crippen LogP contribution in [-0.4, -0.2) is 58.3 Å². The molecule has 11 heteroatoms. The van der Waals surface area contributed by atoms with Crippen molar-refractivity contribution >= 4 is 18.0 Å². The molecule has 0 unspecified atom stereocenters. The molecule has 0 radical (unpaired) electrons. The highest BCUT2D eigenvalue weighted by Crippen LogP contribution is 2.19. The van der Waals surface area contributed by atoms with Crippen LogP contribution >= 0.6 is 0 Å². The molecule has 34 heavy (non-hydrogen) atoms. The Bertz CT molecular complexity index is 908. The number of carboxylic acid groups (broad SMARTS) is 1. The van der Waals surface area contributed by atoms with Crippen LogP contribution in [0.25, 0.3) is 0 Å². The molecule has 1 amide bonds. The van der Waals surface area contributed by atoms with Crippen LogP contribution in [0.15, 0.2) is 48.5 Å². The molecule has 0 aliphatic carbocycles. The topological polar surface area (TPSA) is 189 Å². The lowest BCUT2D eigenvalue weighted by Gasteiger charge is -2.22. The number of ether oxygens (including phenoxy) is 2. The number of rotatable bonds is 5. The number of aliphatic hydroxyl groups is 1. The van der Waals surface area contributed by atoms with Crippen molar-refractivity contribution in [2.24, 2.45) is 5.73 Å². The van der Waals surface area contributed by atoms with Gasteiger partial charge >= 0.3 is 18.0 Å². The maximum atomic E-state index is 11.7. The molecule has 2 aromatic rings. The molecule has 11 nitrogen and oxygen atoms in total. The predicted octanol–water partition coefficient (Wildman–Crippen LogP) is 2.22. The van der Waals surface area contributed by atoms with E-state index in [4.69, 9.17) is 25.8 Å². The highest BCUT2D eigenvalue weighted by molar-refractivity contribution is 5.82. The second-order valence-electron chi connectivity index (χ2n) is 7.60. The third-order valence-corrected chi connectivity index (χ3v) is 3.84. The summed E-state index contributed by atoms with van der Waals surface area (Å²) in [7, 11) is 2.23. The largest absolute Gasteiger partial charge is 0.508 e. The van der Waals surface area contributed by atoms with E-state index in [1.54, 1.807) is 20.8 Å². The average Bonchev–Trinajstić information content (AvgIpc) is 2.78. The van der Waals surface area contributed by atoms with Crippen LogP contribution in [0, 0.1) is 0 Å². The SMILES string of the molecule is CO.COC(=O)[C@H](NC(=O)OC(C)(C)C)c1ccc(O)cc1.N[C@@H](C(=O)O)c1ccc(O)cc1. The summed E-state index contributed by atoms with van der Waals surface area (Å²) in [5.74, 6) is -1.55. The Morgan fingerprint density at radius 2 is 1.29 bits per heavy atom. The van der Waals surface area contributed by atoms with Crippen LogP contribution in [0.5, 0.6) is 11.5 Å². The van der Waals surface area contributed by atoms with E-state index in [0.29, 0.717) is 11.1 Å². The fourth-order valence-electron chi connectivity index (χ4n) is 2.31. The van der Waals surface area contributed by atoms with E-state index >= 15 is 0 Å². The molecule has 0 fully saturated rings. The van der Waals surface area contributed by atoms with Gasteiger partial charge in [0.2, 0.25) is 0 Å². The van der Waals surface area contributed by atoms with E-state index in [0.717, 1.165) is 7.11 Å². The smallest absolute Gasteiger partial charge is 0.408 e. The third-order valence-electron chi connectivity index (χ3n) is 3.84. The van der Waals surface area contributed by atoms with Gasteiger partial charge < -0.3 is 41.0 Å². The van der Waals surface area contributed by atoms with Gasteiger partial charge in [-0.1, -0.05) is 24.3 Å². The number of carbonyl (C=O) groups is 3. The zero-order valence-electron chi connectivity index (χ0n) is 19.7. The van der Waals surface area contributed by atoms with Crippen LogP contribution in [0.4, 0.5) is 4.79 Å². The number of aliphatic hydroxyl groups excluding tert-OH is 1. The molecule has 2 atom stereocenters. The number of phenols is 2. The number of carbonyl (C=O) groups excluding carboxylic acids is 2. The molecule has 7 N–H and O–H groups in total. The Hall–Kier alpha value is -3.83. The Morgan fingerprint density at radius 1 is 0.882 bits per heavy atom. The Morgan fingerprint density at radius 3 is 1.65 bits per heavy atom. The van der Waals surface area contributed by atoms with Crippen molar-refractivity contribution in [2.75, 3.05) is 14.2 Å². The van der Waals surface area contributed by atoms with Crippen molar-refractivity contribution in [1.29, 1.82) is 0 Å². The number of esters is 1. The summed E-state index contributed by atoms with van der Waals surface area (Å²) in [5, 5.41) is 36.1. The summed E-state index contributed by atoms with van der Waals surface area (Å²) < 4.78 is 9.76. The fourth-order valence-corrected chi connectivity index (χ4v) is 2.31. The Kier molecular flexibility index (Phi) is 12.7. The van der Waals surface area contributed by atoms with Gasteiger partial charge in [-0.15, -0.1) is 0 Å². The predicted molar refractivity (Wildman–Crippen MR) is 123 cm³/mol. The molecule has 0 aliphatic rings. The minimum Gasteiger partial charge on any atom is -0.508 e. The molecular formula is C23H32N2O9. The lowest BCUT2D eigenvalue weighted by atomic mass is 10.1. The lowest BCUT2D eigenvalue weighted by molar-refractivity contribution is -0.143. The van der Waals surface area contributed by atoms with Gasteiger partial charge in [-0.05, 0) is 56.2 Å². The number of hydrogen-bond donors (Lipinski definition) is 6. The number of benzene rings is 2. The molecule has 2 aromatic carbocycles. The zero-order chi connectivity index (χ0) is 26.5. The standard InChI is InChI=1S/C14H19NO5.C8H9NO3.CH4O/c1-14(2,3)20-13(18)15-11(12(17)19-4)9-5-7-10(16)8-6-9;9-7(8(11)12)5-1-3-6(10)4-2-5;1-2/h5-8,11,16H,1-4H3,(H,15,18);1-4,7,10H,9H2,(H,11,12);2H,1H3/t11-;7-;/m11./s1. The molecule has 0 heterocycles. The van der Waals surface area contributed by atoms with Gasteiger partial charge in [0.15, 0.2) is 6.04 Å². The zero-order valence-corrected chi connectivity index (χ0v) is 19.7. The van der Waals surface area contributed by atoms with E-state index in [-0.39, 0.29) is 11.5 Å². The van der Waals surface area contributed by atoms with Crippen LogP contribution in [0.3, 0.4) is 0 Å². The summed E-state index contributed by atoms with van der Waals surface area (Å²) in [6.45, 7) is 5.17. The maximum Gasteiger partial charge on any atom is 0.408 e. The number of methoxy groups -OCH3 is 1. The summed E-state index contributed by atoms with van der Waals surface area (Å²) in [6.07, 6.45) is -0.721. The quantitative estimate of drug-likeness (QED) is 0.346. The highest BCUT2D eigenvalue weighted by Gasteiger charge is 2.26. The van der Waals surface area contributed by atoms with E-state index in [1.165, 1.54) is 55.6 Å². The van der Waals surface area contributed by atoms with Crippen LogP contribution in [-0.2, 0) is 19.1 Å². The van der Waals surface area contributed by atoms with Gasteiger partial charge in [0.1, 0.15) is 23.1 Å². The van der Waals surface area contributed by atoms with Gasteiger partial charge in [0, 0.05) is 7.11 Å². The van der Waals surface area contributed by atoms with Gasteiger partial charge in [-0.3, -0.25) is 4.79 Å². The number of aromatic hydroxyl groups is 2.